The highest BCUT2D eigenvalue weighted by Gasteiger charge is 2.19. The highest BCUT2D eigenvalue weighted by molar-refractivity contribution is 6.15. The zero-order chi connectivity index (χ0) is 24.0. The van der Waals surface area contributed by atoms with Gasteiger partial charge in [-0.1, -0.05) is 42.0 Å². The number of nitrogens with one attached hydrogen (secondary N) is 3. The number of carbonyl (C=O) groups is 2. The summed E-state index contributed by atoms with van der Waals surface area (Å²) in [5, 5.41) is 18.9. The smallest absolute Gasteiger partial charge is 0.272 e. The number of nitrogens with zero attached hydrogens (tertiary/aromatic N) is 4. The SMILES string of the molecule is O=C(NCC1CCCCN1)c1ncccc1NC(=O)c1ccc(Cn2ccnn2)c2ccccc12. The molecule has 9 nitrogen and oxygen atoms in total. The highest BCUT2D eigenvalue weighted by atomic mass is 16.2. The average molecular weight is 470 g/mol. The van der Waals surface area contributed by atoms with Crippen LogP contribution in [0.15, 0.2) is 67.1 Å². The van der Waals surface area contributed by atoms with E-state index in [2.05, 4.69) is 31.2 Å². The molecule has 1 fully saturated rings. The van der Waals surface area contributed by atoms with E-state index >= 15 is 0 Å². The number of carbonyl (C=O) groups excluding carboxylic acids is 2. The highest BCUT2D eigenvalue weighted by Crippen LogP contribution is 2.25. The number of rotatable bonds is 7. The number of anilines is 1. The fraction of sp³-hybridized carbons (Fsp3) is 0.269. The maximum absolute atomic E-state index is 13.3. The quantitative estimate of drug-likeness (QED) is 0.383. The lowest BCUT2D eigenvalue weighted by molar-refractivity contribution is 0.0943. The Labute approximate surface area is 202 Å². The number of aromatic nitrogens is 4. The van der Waals surface area contributed by atoms with Gasteiger partial charge >= 0.3 is 0 Å². The Kier molecular flexibility index (Phi) is 6.76. The summed E-state index contributed by atoms with van der Waals surface area (Å²) < 4.78 is 1.74. The van der Waals surface area contributed by atoms with Crippen LogP contribution in [0.5, 0.6) is 0 Å². The molecule has 9 heteroatoms. The molecule has 1 aliphatic heterocycles. The van der Waals surface area contributed by atoms with Gasteiger partial charge in [0.25, 0.3) is 11.8 Å². The first-order valence-electron chi connectivity index (χ1n) is 11.8. The molecule has 1 atom stereocenters. The third-order valence-electron chi connectivity index (χ3n) is 6.26. The van der Waals surface area contributed by atoms with Gasteiger partial charge in [-0.05, 0) is 53.9 Å². The first-order valence-corrected chi connectivity index (χ1v) is 11.8. The van der Waals surface area contributed by atoms with Gasteiger partial charge in [-0.2, -0.15) is 0 Å². The van der Waals surface area contributed by atoms with Crippen molar-refractivity contribution >= 4 is 28.3 Å². The molecule has 0 bridgehead atoms. The minimum atomic E-state index is -0.304. The Balaban J connectivity index is 1.35. The standard InChI is InChI=1S/C26H27N7O2/c34-25(22-11-10-18(17-33-15-14-30-32-33)20-7-1-2-8-21(20)22)31-23-9-5-13-28-24(23)26(35)29-16-19-6-3-4-12-27-19/h1-2,5,7-11,13-15,19,27H,3-4,6,12,16-17H2,(H,29,35)(H,31,34). The van der Waals surface area contributed by atoms with E-state index in [4.69, 9.17) is 0 Å². The summed E-state index contributed by atoms with van der Waals surface area (Å²) in [4.78, 5) is 30.4. The number of amides is 2. The van der Waals surface area contributed by atoms with E-state index in [1.54, 1.807) is 41.5 Å². The maximum atomic E-state index is 13.3. The van der Waals surface area contributed by atoms with Crippen LogP contribution in [0.3, 0.4) is 0 Å². The van der Waals surface area contributed by atoms with Gasteiger partial charge in [-0.25, -0.2) is 9.67 Å². The van der Waals surface area contributed by atoms with Gasteiger partial charge in [0.2, 0.25) is 0 Å². The van der Waals surface area contributed by atoms with Crippen molar-refractivity contribution < 1.29 is 9.59 Å². The summed E-state index contributed by atoms with van der Waals surface area (Å²) >= 11 is 0. The van der Waals surface area contributed by atoms with Crippen molar-refractivity contribution in [3.63, 3.8) is 0 Å². The predicted molar refractivity (Wildman–Crippen MR) is 133 cm³/mol. The Morgan fingerprint density at radius 2 is 1.89 bits per heavy atom. The lowest BCUT2D eigenvalue weighted by Gasteiger charge is -2.23. The second-order valence-corrected chi connectivity index (χ2v) is 8.63. The first kappa shape index (κ1) is 22.7. The molecule has 4 aromatic rings. The minimum Gasteiger partial charge on any atom is -0.349 e. The largest absolute Gasteiger partial charge is 0.349 e. The molecule has 3 N–H and O–H groups in total. The van der Waals surface area contributed by atoms with Crippen molar-refractivity contribution in [1.82, 2.24) is 30.6 Å². The zero-order valence-electron chi connectivity index (χ0n) is 19.3. The molecule has 1 saturated heterocycles. The molecule has 2 aromatic carbocycles. The lowest BCUT2D eigenvalue weighted by atomic mass is 9.99. The first-order chi connectivity index (χ1) is 17.2. The average Bonchev–Trinajstić information content (AvgIpc) is 3.41. The summed E-state index contributed by atoms with van der Waals surface area (Å²) in [7, 11) is 0. The fourth-order valence-corrected chi connectivity index (χ4v) is 4.46. The molecule has 178 valence electrons. The number of pyridine rings is 1. The summed E-state index contributed by atoms with van der Waals surface area (Å²) in [6.45, 7) is 2.04. The molecule has 0 spiro atoms. The Bertz CT molecular complexity index is 1330. The normalized spacial score (nSPS) is 15.6. The Hall–Kier alpha value is -4.11. The third-order valence-corrected chi connectivity index (χ3v) is 6.26. The number of benzene rings is 2. The van der Waals surface area contributed by atoms with Gasteiger partial charge < -0.3 is 16.0 Å². The zero-order valence-corrected chi connectivity index (χ0v) is 19.3. The number of hydrogen-bond donors (Lipinski definition) is 3. The molecule has 1 aliphatic rings. The van der Waals surface area contributed by atoms with E-state index in [-0.39, 0.29) is 23.6 Å². The van der Waals surface area contributed by atoms with E-state index in [1.807, 2.05) is 30.3 Å². The van der Waals surface area contributed by atoms with Crippen LogP contribution in [-0.4, -0.2) is 50.9 Å². The van der Waals surface area contributed by atoms with E-state index in [1.165, 1.54) is 0 Å². The molecule has 35 heavy (non-hydrogen) atoms. The minimum absolute atomic E-state index is 0.198. The van der Waals surface area contributed by atoms with Crippen LogP contribution in [0.25, 0.3) is 10.8 Å². The van der Waals surface area contributed by atoms with Crippen LogP contribution < -0.4 is 16.0 Å². The van der Waals surface area contributed by atoms with E-state index in [0.29, 0.717) is 24.3 Å². The van der Waals surface area contributed by atoms with Gasteiger partial charge in [0.05, 0.1) is 18.4 Å². The van der Waals surface area contributed by atoms with Crippen LogP contribution in [-0.2, 0) is 6.54 Å². The second-order valence-electron chi connectivity index (χ2n) is 8.63. The molecule has 3 heterocycles. The topological polar surface area (TPSA) is 114 Å². The maximum Gasteiger partial charge on any atom is 0.272 e. The van der Waals surface area contributed by atoms with E-state index in [0.717, 1.165) is 42.1 Å². The van der Waals surface area contributed by atoms with E-state index in [9.17, 15) is 9.59 Å². The van der Waals surface area contributed by atoms with Crippen LogP contribution in [0.4, 0.5) is 5.69 Å². The number of fused-ring (bicyclic) bond motifs is 1. The molecular formula is C26H27N7O2. The van der Waals surface area contributed by atoms with Gasteiger partial charge in [0.1, 0.15) is 0 Å². The molecule has 0 radical (unpaired) electrons. The molecule has 2 amide bonds. The van der Waals surface area contributed by atoms with Crippen molar-refractivity contribution in [2.24, 2.45) is 0 Å². The predicted octanol–water partition coefficient (Wildman–Crippen LogP) is 3.00. The van der Waals surface area contributed by atoms with Gasteiger partial charge in [0, 0.05) is 30.5 Å². The third kappa shape index (κ3) is 5.20. The number of piperidine rings is 1. The van der Waals surface area contributed by atoms with Crippen molar-refractivity contribution in [2.45, 2.75) is 31.8 Å². The van der Waals surface area contributed by atoms with Gasteiger partial charge in [-0.15, -0.1) is 5.10 Å². The summed E-state index contributed by atoms with van der Waals surface area (Å²) in [5.41, 5.74) is 2.12. The Morgan fingerprint density at radius 3 is 2.69 bits per heavy atom. The second kappa shape index (κ2) is 10.4. The molecule has 1 unspecified atom stereocenters. The monoisotopic (exact) mass is 469 g/mol. The number of hydrogen-bond acceptors (Lipinski definition) is 6. The van der Waals surface area contributed by atoms with Crippen molar-refractivity contribution in [3.05, 3.63) is 83.9 Å². The van der Waals surface area contributed by atoms with E-state index < -0.39 is 0 Å². The summed E-state index contributed by atoms with van der Waals surface area (Å²) in [5.74, 6) is -0.606. The lowest BCUT2D eigenvalue weighted by Crippen LogP contribution is -2.43. The van der Waals surface area contributed by atoms with Crippen LogP contribution in [0.1, 0.15) is 45.7 Å². The molecular weight excluding hydrogens is 442 g/mol. The molecule has 2 aromatic heterocycles. The van der Waals surface area contributed by atoms with Crippen LogP contribution in [0, 0.1) is 0 Å². The molecule has 0 aliphatic carbocycles. The Morgan fingerprint density at radius 1 is 1.00 bits per heavy atom. The van der Waals surface area contributed by atoms with Gasteiger partial charge in [0.15, 0.2) is 5.69 Å². The van der Waals surface area contributed by atoms with Crippen LogP contribution in [0.2, 0.25) is 0 Å². The molecule has 0 saturated carbocycles. The molecule has 5 rings (SSSR count). The fourth-order valence-electron chi connectivity index (χ4n) is 4.46. The summed E-state index contributed by atoms with van der Waals surface area (Å²) in [6.07, 6.45) is 8.34. The van der Waals surface area contributed by atoms with Crippen molar-refractivity contribution in [1.29, 1.82) is 0 Å². The van der Waals surface area contributed by atoms with Gasteiger partial charge in [-0.3, -0.25) is 9.59 Å². The van der Waals surface area contributed by atoms with Crippen molar-refractivity contribution in [3.8, 4) is 0 Å². The summed E-state index contributed by atoms with van der Waals surface area (Å²) in [6, 6.07) is 15.1. The van der Waals surface area contributed by atoms with Crippen molar-refractivity contribution in [2.75, 3.05) is 18.4 Å². The van der Waals surface area contributed by atoms with Crippen LogP contribution >= 0.6 is 0 Å².